The van der Waals surface area contributed by atoms with Crippen molar-refractivity contribution in [2.75, 3.05) is 6.61 Å². The lowest BCUT2D eigenvalue weighted by Gasteiger charge is -2.33. The Kier molecular flexibility index (Phi) is 8.12. The molecular weight excluding hydrogens is 496 g/mol. The number of amides is 1. The fourth-order valence-electron chi connectivity index (χ4n) is 7.51. The van der Waals surface area contributed by atoms with Crippen LogP contribution in [0.15, 0.2) is 48.5 Å². The van der Waals surface area contributed by atoms with Crippen LogP contribution in [0, 0.1) is 0 Å². The summed E-state index contributed by atoms with van der Waals surface area (Å²) in [6.07, 6.45) is 4.70. The molecule has 1 amide bonds. The van der Waals surface area contributed by atoms with Crippen molar-refractivity contribution in [2.45, 2.75) is 115 Å². The molecular formula is C34H48N2O2Si. The lowest BCUT2D eigenvalue weighted by Crippen LogP contribution is -2.48. The minimum atomic E-state index is -1.69. The maximum atomic E-state index is 14.0. The molecule has 4 nitrogen and oxygen atoms in total. The molecule has 1 N–H and O–H groups in total. The lowest BCUT2D eigenvalue weighted by atomic mass is 9.82. The number of carbonyl (C=O) groups excluding carboxylic acids is 1. The summed E-state index contributed by atoms with van der Waals surface area (Å²) in [5.74, 6) is 0.570. The molecule has 2 aromatic carbocycles. The quantitative estimate of drug-likeness (QED) is 0.252. The molecule has 1 atom stereocenters. The fourth-order valence-corrected chi connectivity index (χ4v) is 11.4. The molecule has 0 saturated carbocycles. The van der Waals surface area contributed by atoms with Crippen molar-refractivity contribution in [2.24, 2.45) is 0 Å². The molecule has 3 aromatic rings. The number of nitrogens with zero attached hydrogens (tertiary/aromatic N) is 1. The highest BCUT2D eigenvalue weighted by Gasteiger charge is 2.47. The minimum Gasteiger partial charge on any atom is -0.376 e. The molecule has 0 aliphatic carbocycles. The van der Waals surface area contributed by atoms with Gasteiger partial charge in [0.05, 0.1) is 18.6 Å². The van der Waals surface area contributed by atoms with Gasteiger partial charge in [-0.05, 0) is 68.4 Å². The van der Waals surface area contributed by atoms with Crippen LogP contribution in [0.4, 0.5) is 0 Å². The molecule has 2 aliphatic heterocycles. The van der Waals surface area contributed by atoms with E-state index in [4.69, 9.17) is 4.74 Å². The van der Waals surface area contributed by atoms with Gasteiger partial charge in [-0.15, -0.1) is 0 Å². The average Bonchev–Trinajstić information content (AvgIpc) is 3.67. The van der Waals surface area contributed by atoms with E-state index >= 15 is 0 Å². The van der Waals surface area contributed by atoms with Gasteiger partial charge in [-0.3, -0.25) is 4.79 Å². The van der Waals surface area contributed by atoms with Gasteiger partial charge in [-0.25, -0.2) is 0 Å². The predicted octanol–water partition coefficient (Wildman–Crippen LogP) is 7.63. The van der Waals surface area contributed by atoms with E-state index in [1.165, 1.54) is 71.2 Å². The Balaban J connectivity index is 1.52. The molecule has 39 heavy (non-hydrogen) atoms. The van der Waals surface area contributed by atoms with Crippen molar-refractivity contribution in [3.8, 4) is 0 Å². The third-order valence-corrected chi connectivity index (χ3v) is 15.8. The second kappa shape index (κ2) is 11.2. The third-order valence-electron chi connectivity index (χ3n) is 10.3. The van der Waals surface area contributed by atoms with E-state index in [2.05, 4.69) is 93.9 Å². The summed E-state index contributed by atoms with van der Waals surface area (Å²) in [6.45, 7) is 15.0. The minimum absolute atomic E-state index is 0.262. The van der Waals surface area contributed by atoms with Crippen molar-refractivity contribution < 1.29 is 9.53 Å². The van der Waals surface area contributed by atoms with Crippen LogP contribution in [0.1, 0.15) is 89.8 Å². The number of aromatic nitrogens is 1. The van der Waals surface area contributed by atoms with Crippen molar-refractivity contribution >= 4 is 30.2 Å². The fraction of sp³-hybridized carbons (Fsp3) is 0.559. The Hall–Kier alpha value is -2.37. The zero-order valence-electron chi connectivity index (χ0n) is 25.0. The first-order chi connectivity index (χ1) is 18.8. The number of carbonyl (C=O) groups is 1. The van der Waals surface area contributed by atoms with E-state index in [-0.39, 0.29) is 5.92 Å². The molecule has 2 fully saturated rings. The first-order valence-corrected chi connectivity index (χ1v) is 18.0. The van der Waals surface area contributed by atoms with E-state index in [0.717, 1.165) is 5.56 Å². The van der Waals surface area contributed by atoms with Gasteiger partial charge in [0.25, 0.3) is 0 Å². The van der Waals surface area contributed by atoms with Gasteiger partial charge in [-0.1, -0.05) is 82.2 Å². The molecule has 0 unspecified atom stereocenters. The molecule has 210 valence electrons. The highest BCUT2D eigenvalue weighted by atomic mass is 28.3. The second-order valence-corrected chi connectivity index (χ2v) is 17.9. The summed E-state index contributed by atoms with van der Waals surface area (Å²) >= 11 is 0. The summed E-state index contributed by atoms with van der Waals surface area (Å²) in [5.41, 5.74) is 4.43. The van der Waals surface area contributed by atoms with Crippen molar-refractivity contribution in [3.63, 3.8) is 0 Å². The first kappa shape index (κ1) is 28.2. The van der Waals surface area contributed by atoms with Crippen molar-refractivity contribution in [3.05, 3.63) is 65.2 Å². The van der Waals surface area contributed by atoms with Gasteiger partial charge >= 0.3 is 0 Å². The SMILES string of the molecule is CC[Si](CC)(CC)c1[nH]c2ccc(C(C)(C)C(=O)N3C4CCC3CC4)cc2c1[C@H](C)COCc1ccccc1. The molecule has 5 rings (SSSR count). The van der Waals surface area contributed by atoms with Crippen LogP contribution in [0.2, 0.25) is 18.1 Å². The van der Waals surface area contributed by atoms with E-state index in [1.54, 1.807) is 0 Å². The Morgan fingerprint density at radius 1 is 1.00 bits per heavy atom. The van der Waals surface area contributed by atoms with E-state index in [9.17, 15) is 4.79 Å². The maximum absolute atomic E-state index is 14.0. The zero-order valence-corrected chi connectivity index (χ0v) is 26.0. The molecule has 5 heteroatoms. The summed E-state index contributed by atoms with van der Waals surface area (Å²) in [6, 6.07) is 21.8. The highest BCUT2D eigenvalue weighted by molar-refractivity contribution is 6.91. The number of hydrogen-bond acceptors (Lipinski definition) is 2. The number of aromatic amines is 1. The van der Waals surface area contributed by atoms with Crippen molar-refractivity contribution in [1.82, 2.24) is 9.88 Å². The second-order valence-electron chi connectivity index (χ2n) is 12.7. The zero-order chi connectivity index (χ0) is 27.8. The Labute approximate surface area is 236 Å². The first-order valence-electron chi connectivity index (χ1n) is 15.4. The summed E-state index contributed by atoms with van der Waals surface area (Å²) in [4.78, 5) is 20.2. The van der Waals surface area contributed by atoms with Gasteiger partial charge < -0.3 is 14.6 Å². The van der Waals surface area contributed by atoms with E-state index in [1.807, 2.05) is 6.07 Å². The van der Waals surface area contributed by atoms with Gasteiger partial charge in [0.2, 0.25) is 5.91 Å². The average molecular weight is 545 g/mol. The number of ether oxygens (including phenoxy) is 1. The Morgan fingerprint density at radius 3 is 2.21 bits per heavy atom. The smallest absolute Gasteiger partial charge is 0.233 e. The van der Waals surface area contributed by atoms with Crippen molar-refractivity contribution in [1.29, 1.82) is 0 Å². The lowest BCUT2D eigenvalue weighted by molar-refractivity contribution is -0.137. The van der Waals surface area contributed by atoms with Crippen LogP contribution in [0.25, 0.3) is 10.9 Å². The van der Waals surface area contributed by atoms with Crippen LogP contribution in [0.5, 0.6) is 0 Å². The Morgan fingerprint density at radius 2 is 1.62 bits per heavy atom. The van der Waals surface area contributed by atoms with E-state index < -0.39 is 13.5 Å². The number of nitrogens with one attached hydrogen (secondary N) is 1. The molecule has 0 spiro atoms. The molecule has 2 bridgehead atoms. The number of fused-ring (bicyclic) bond motifs is 3. The van der Waals surface area contributed by atoms with Gasteiger partial charge in [-0.2, -0.15) is 0 Å². The van der Waals surface area contributed by atoms with E-state index in [0.29, 0.717) is 31.2 Å². The van der Waals surface area contributed by atoms with Gasteiger partial charge in [0.1, 0.15) is 8.07 Å². The van der Waals surface area contributed by atoms with Crippen LogP contribution in [-0.2, 0) is 21.6 Å². The Bertz CT molecular complexity index is 1270. The standard InChI is InChI=1S/C34H48N2O2Si/c1-7-39(8-2,9-3)32-31(24(4)22-38-23-25-13-11-10-12-14-25)29-21-26(15-20-30(29)35-32)34(5,6)33(37)36-27-16-17-28(36)19-18-27/h10-15,20-21,24,27-28,35H,7-9,16-19,22-23H2,1-6H3/t24-,27?,28?/m1/s1. The largest absolute Gasteiger partial charge is 0.376 e. The highest BCUT2D eigenvalue weighted by Crippen LogP contribution is 2.42. The molecule has 2 saturated heterocycles. The molecule has 2 aliphatic rings. The third kappa shape index (κ3) is 5.02. The van der Waals surface area contributed by atoms with Crippen LogP contribution >= 0.6 is 0 Å². The number of benzene rings is 2. The van der Waals surface area contributed by atoms with Gasteiger partial charge in [0, 0.05) is 34.2 Å². The van der Waals surface area contributed by atoms with Crippen LogP contribution in [0.3, 0.4) is 0 Å². The summed E-state index contributed by atoms with van der Waals surface area (Å²) < 4.78 is 6.30. The number of hydrogen-bond donors (Lipinski definition) is 1. The van der Waals surface area contributed by atoms with Gasteiger partial charge in [0.15, 0.2) is 0 Å². The number of rotatable bonds is 11. The molecule has 3 heterocycles. The summed E-state index contributed by atoms with van der Waals surface area (Å²) in [5, 5.41) is 2.79. The molecule has 1 aromatic heterocycles. The maximum Gasteiger partial charge on any atom is 0.233 e. The summed E-state index contributed by atoms with van der Waals surface area (Å²) in [7, 11) is -1.69. The van der Waals surface area contributed by atoms with Crippen LogP contribution < -0.4 is 5.32 Å². The normalized spacial score (nSPS) is 20.2. The number of H-pyrrole nitrogens is 1. The predicted molar refractivity (Wildman–Crippen MR) is 166 cm³/mol. The monoisotopic (exact) mass is 544 g/mol. The van der Waals surface area contributed by atoms with Crippen LogP contribution in [-0.4, -0.2) is 42.6 Å². The topological polar surface area (TPSA) is 45.3 Å². The molecule has 0 radical (unpaired) electrons.